The SMILES string of the molecule is CCNC(=O)N1CCC(Cc2ccc(C(=O)NCCc3ccccn3)cc2)CC1. The quantitative estimate of drug-likeness (QED) is 0.758. The van der Waals surface area contributed by atoms with Crippen molar-refractivity contribution >= 4 is 11.9 Å². The smallest absolute Gasteiger partial charge is 0.317 e. The lowest BCUT2D eigenvalue weighted by atomic mass is 9.90. The van der Waals surface area contributed by atoms with Crippen molar-refractivity contribution in [3.63, 3.8) is 0 Å². The highest BCUT2D eigenvalue weighted by Crippen LogP contribution is 2.22. The van der Waals surface area contributed by atoms with E-state index in [9.17, 15) is 9.59 Å². The number of carbonyl (C=O) groups is 2. The third kappa shape index (κ3) is 6.31. The van der Waals surface area contributed by atoms with Gasteiger partial charge in [0.15, 0.2) is 0 Å². The number of rotatable bonds is 7. The van der Waals surface area contributed by atoms with Crippen molar-refractivity contribution in [2.45, 2.75) is 32.6 Å². The highest BCUT2D eigenvalue weighted by atomic mass is 16.2. The first kappa shape index (κ1) is 20.8. The Kier molecular flexibility index (Phi) is 7.61. The molecule has 0 bridgehead atoms. The molecule has 0 atom stereocenters. The summed E-state index contributed by atoms with van der Waals surface area (Å²) in [5, 5.41) is 5.82. The fourth-order valence-electron chi connectivity index (χ4n) is 3.68. The van der Waals surface area contributed by atoms with Crippen molar-refractivity contribution in [1.82, 2.24) is 20.5 Å². The van der Waals surface area contributed by atoms with Crippen molar-refractivity contribution in [1.29, 1.82) is 0 Å². The van der Waals surface area contributed by atoms with Crippen molar-refractivity contribution in [2.75, 3.05) is 26.2 Å². The average molecular weight is 395 g/mol. The van der Waals surface area contributed by atoms with Gasteiger partial charge in [0.25, 0.3) is 5.91 Å². The van der Waals surface area contributed by atoms with Crippen molar-refractivity contribution in [2.24, 2.45) is 5.92 Å². The van der Waals surface area contributed by atoms with Gasteiger partial charge in [0, 0.05) is 50.1 Å². The number of benzene rings is 1. The van der Waals surface area contributed by atoms with Gasteiger partial charge in [0.2, 0.25) is 0 Å². The lowest BCUT2D eigenvalue weighted by molar-refractivity contribution is 0.0954. The Labute approximate surface area is 172 Å². The van der Waals surface area contributed by atoms with Crippen LogP contribution in [0.3, 0.4) is 0 Å². The van der Waals surface area contributed by atoms with Crippen molar-refractivity contribution < 1.29 is 9.59 Å². The van der Waals surface area contributed by atoms with Crippen LogP contribution in [0.4, 0.5) is 4.79 Å². The van der Waals surface area contributed by atoms with Crippen molar-refractivity contribution in [3.05, 3.63) is 65.5 Å². The molecule has 3 rings (SSSR count). The number of hydrogen-bond acceptors (Lipinski definition) is 3. The topological polar surface area (TPSA) is 74.3 Å². The number of nitrogens with zero attached hydrogens (tertiary/aromatic N) is 2. The van der Waals surface area contributed by atoms with Gasteiger partial charge < -0.3 is 15.5 Å². The van der Waals surface area contributed by atoms with Gasteiger partial charge in [-0.3, -0.25) is 9.78 Å². The van der Waals surface area contributed by atoms with Gasteiger partial charge >= 0.3 is 6.03 Å². The number of piperidine rings is 1. The van der Waals surface area contributed by atoms with Gasteiger partial charge in [-0.05, 0) is 61.9 Å². The predicted octanol–water partition coefficient (Wildman–Crippen LogP) is 3.04. The molecular weight excluding hydrogens is 364 g/mol. The minimum Gasteiger partial charge on any atom is -0.352 e. The molecule has 2 heterocycles. The molecule has 6 nitrogen and oxygen atoms in total. The Morgan fingerprint density at radius 1 is 1.07 bits per heavy atom. The Hall–Kier alpha value is -2.89. The highest BCUT2D eigenvalue weighted by Gasteiger charge is 2.22. The Bertz CT molecular complexity index is 784. The zero-order valence-corrected chi connectivity index (χ0v) is 17.1. The second-order valence-electron chi connectivity index (χ2n) is 7.49. The molecule has 1 fully saturated rings. The number of pyridine rings is 1. The minimum atomic E-state index is -0.0530. The molecule has 2 aromatic rings. The normalized spacial score (nSPS) is 14.4. The van der Waals surface area contributed by atoms with Crippen molar-refractivity contribution in [3.8, 4) is 0 Å². The van der Waals surface area contributed by atoms with Gasteiger partial charge in [-0.25, -0.2) is 4.79 Å². The molecule has 1 aromatic carbocycles. The molecular formula is C23H30N4O2. The fraction of sp³-hybridized carbons (Fsp3) is 0.435. The summed E-state index contributed by atoms with van der Waals surface area (Å²) in [6.45, 7) is 4.80. The van der Waals surface area contributed by atoms with Crippen LogP contribution in [0.25, 0.3) is 0 Å². The van der Waals surface area contributed by atoms with E-state index < -0.39 is 0 Å². The van der Waals surface area contributed by atoms with Crippen LogP contribution in [0, 0.1) is 5.92 Å². The van der Waals surface area contributed by atoms with E-state index in [0.717, 1.165) is 44.5 Å². The number of nitrogens with one attached hydrogen (secondary N) is 2. The maximum absolute atomic E-state index is 12.3. The second-order valence-corrected chi connectivity index (χ2v) is 7.49. The molecule has 6 heteroatoms. The molecule has 3 amide bonds. The molecule has 2 N–H and O–H groups in total. The van der Waals surface area contributed by atoms with E-state index in [1.54, 1.807) is 6.20 Å². The third-order valence-corrected chi connectivity index (χ3v) is 5.36. The summed E-state index contributed by atoms with van der Waals surface area (Å²) in [5.74, 6) is 0.529. The van der Waals surface area contributed by atoms with Crippen LogP contribution >= 0.6 is 0 Å². The maximum Gasteiger partial charge on any atom is 0.317 e. The average Bonchev–Trinajstić information content (AvgIpc) is 2.75. The zero-order chi connectivity index (χ0) is 20.5. The van der Waals surface area contributed by atoms with Crippen LogP contribution < -0.4 is 10.6 Å². The number of likely N-dealkylation sites (tertiary alicyclic amines) is 1. The molecule has 29 heavy (non-hydrogen) atoms. The van der Waals surface area contributed by atoms with E-state index in [-0.39, 0.29) is 11.9 Å². The van der Waals surface area contributed by atoms with Gasteiger partial charge in [-0.15, -0.1) is 0 Å². The lowest BCUT2D eigenvalue weighted by Crippen LogP contribution is -2.44. The van der Waals surface area contributed by atoms with Crippen LogP contribution in [-0.2, 0) is 12.8 Å². The van der Waals surface area contributed by atoms with E-state index >= 15 is 0 Å². The van der Waals surface area contributed by atoms with E-state index in [1.807, 2.05) is 54.3 Å². The second kappa shape index (κ2) is 10.6. The summed E-state index contributed by atoms with van der Waals surface area (Å²) in [5.41, 5.74) is 2.90. The Morgan fingerprint density at radius 2 is 1.83 bits per heavy atom. The molecule has 0 saturated carbocycles. The summed E-state index contributed by atoms with van der Waals surface area (Å²) in [4.78, 5) is 30.4. The first-order chi connectivity index (χ1) is 14.2. The van der Waals surface area contributed by atoms with Crippen LogP contribution in [0.15, 0.2) is 48.7 Å². The van der Waals surface area contributed by atoms with Gasteiger partial charge in [-0.1, -0.05) is 18.2 Å². The standard InChI is InChI=1S/C23H30N4O2/c1-2-24-23(29)27-15-11-19(12-16-27)17-18-6-8-20(9-7-18)22(28)26-14-10-21-5-3-4-13-25-21/h3-9,13,19H,2,10-12,14-17H2,1H3,(H,24,29)(H,26,28). The van der Waals surface area contributed by atoms with E-state index in [2.05, 4.69) is 15.6 Å². The molecule has 1 aliphatic rings. The number of urea groups is 1. The molecule has 0 aliphatic carbocycles. The fourth-order valence-corrected chi connectivity index (χ4v) is 3.68. The van der Waals surface area contributed by atoms with Crippen LogP contribution in [0.1, 0.15) is 41.4 Å². The third-order valence-electron chi connectivity index (χ3n) is 5.36. The summed E-state index contributed by atoms with van der Waals surface area (Å²) in [7, 11) is 0. The Balaban J connectivity index is 1.42. The van der Waals surface area contributed by atoms with Gasteiger partial charge in [0.05, 0.1) is 0 Å². The summed E-state index contributed by atoms with van der Waals surface area (Å²) in [6, 6.07) is 13.7. The molecule has 1 aliphatic heterocycles. The van der Waals surface area contributed by atoms with E-state index in [1.165, 1.54) is 5.56 Å². The monoisotopic (exact) mass is 394 g/mol. The largest absolute Gasteiger partial charge is 0.352 e. The van der Waals surface area contributed by atoms with E-state index in [4.69, 9.17) is 0 Å². The molecule has 154 valence electrons. The van der Waals surface area contributed by atoms with Crippen LogP contribution in [0.2, 0.25) is 0 Å². The van der Waals surface area contributed by atoms with E-state index in [0.29, 0.717) is 24.6 Å². The minimum absolute atomic E-state index is 0.0457. The lowest BCUT2D eigenvalue weighted by Gasteiger charge is -2.32. The maximum atomic E-state index is 12.3. The molecule has 1 aromatic heterocycles. The first-order valence-electron chi connectivity index (χ1n) is 10.5. The van der Waals surface area contributed by atoms with Crippen LogP contribution in [0.5, 0.6) is 0 Å². The highest BCUT2D eigenvalue weighted by molar-refractivity contribution is 5.94. The predicted molar refractivity (Wildman–Crippen MR) is 114 cm³/mol. The van der Waals surface area contributed by atoms with Gasteiger partial charge in [0.1, 0.15) is 0 Å². The summed E-state index contributed by atoms with van der Waals surface area (Å²) >= 11 is 0. The number of carbonyl (C=O) groups excluding carboxylic acids is 2. The molecule has 1 saturated heterocycles. The Morgan fingerprint density at radius 3 is 2.48 bits per heavy atom. The molecule has 0 unspecified atom stereocenters. The summed E-state index contributed by atoms with van der Waals surface area (Å²) < 4.78 is 0. The zero-order valence-electron chi connectivity index (χ0n) is 17.1. The first-order valence-corrected chi connectivity index (χ1v) is 10.5. The number of hydrogen-bond donors (Lipinski definition) is 2. The molecule has 0 spiro atoms. The number of amides is 3. The molecule has 0 radical (unpaired) electrons. The number of aromatic nitrogens is 1. The summed E-state index contributed by atoms with van der Waals surface area (Å²) in [6.07, 6.45) is 5.52. The van der Waals surface area contributed by atoms with Crippen LogP contribution in [-0.4, -0.2) is 48.0 Å². The van der Waals surface area contributed by atoms with Gasteiger partial charge in [-0.2, -0.15) is 0 Å².